The highest BCUT2D eigenvalue weighted by Gasteiger charge is 2.25. The fourth-order valence-corrected chi connectivity index (χ4v) is 4.78. The maximum atomic E-state index is 13.1. The Kier molecular flexibility index (Phi) is 6.99. The first-order chi connectivity index (χ1) is 17.5. The third kappa shape index (κ3) is 5.26. The Morgan fingerprint density at radius 1 is 1.03 bits per heavy atom. The van der Waals surface area contributed by atoms with Gasteiger partial charge in [-0.2, -0.15) is 4.98 Å². The minimum atomic E-state index is -0.0842. The van der Waals surface area contributed by atoms with Gasteiger partial charge in [0.25, 0.3) is 5.91 Å². The average Bonchev–Trinajstić information content (AvgIpc) is 3.53. The molecule has 3 aromatic rings. The van der Waals surface area contributed by atoms with Crippen molar-refractivity contribution in [2.45, 2.75) is 26.7 Å². The Labute approximate surface area is 211 Å². The molecule has 1 N–H and O–H groups in total. The van der Waals surface area contributed by atoms with E-state index in [4.69, 9.17) is 4.52 Å². The van der Waals surface area contributed by atoms with Crippen molar-refractivity contribution in [3.63, 3.8) is 0 Å². The fraction of sp³-hybridized carbons (Fsp3) is 0.407. The van der Waals surface area contributed by atoms with E-state index in [9.17, 15) is 9.59 Å². The van der Waals surface area contributed by atoms with Crippen molar-refractivity contribution in [2.75, 3.05) is 50.7 Å². The number of nitrogens with one attached hydrogen (secondary N) is 1. The van der Waals surface area contributed by atoms with Crippen molar-refractivity contribution in [1.29, 1.82) is 0 Å². The van der Waals surface area contributed by atoms with E-state index < -0.39 is 0 Å². The first-order valence-corrected chi connectivity index (χ1v) is 12.6. The Morgan fingerprint density at radius 2 is 1.81 bits per heavy atom. The predicted molar refractivity (Wildman–Crippen MR) is 137 cm³/mol. The summed E-state index contributed by atoms with van der Waals surface area (Å²) in [5.41, 5.74) is 4.62. The van der Waals surface area contributed by atoms with Gasteiger partial charge in [0.05, 0.1) is 0 Å². The number of hydrogen-bond donors (Lipinski definition) is 1. The Balaban J connectivity index is 1.08. The van der Waals surface area contributed by atoms with E-state index in [1.807, 2.05) is 54.3 Å². The van der Waals surface area contributed by atoms with E-state index in [0.29, 0.717) is 43.5 Å². The molecule has 2 fully saturated rings. The number of carbonyl (C=O) groups is 2. The van der Waals surface area contributed by atoms with Crippen LogP contribution in [0.25, 0.3) is 11.4 Å². The van der Waals surface area contributed by atoms with Gasteiger partial charge in [0, 0.05) is 62.5 Å². The molecule has 0 spiro atoms. The van der Waals surface area contributed by atoms with Gasteiger partial charge in [-0.1, -0.05) is 35.0 Å². The number of aromatic nitrogens is 2. The SMILES string of the molecule is Cc1ccc(-c2noc(CCCN3CCN(C(=O)c4ccc(N5CCNC5=O)c(C)c4)CC3)n2)cc1. The largest absolute Gasteiger partial charge is 0.339 e. The number of benzene rings is 2. The molecule has 36 heavy (non-hydrogen) atoms. The van der Waals surface area contributed by atoms with Gasteiger partial charge < -0.3 is 14.7 Å². The molecule has 5 rings (SSSR count). The molecule has 2 aliphatic rings. The highest BCUT2D eigenvalue weighted by molar-refractivity contribution is 5.98. The minimum Gasteiger partial charge on any atom is -0.339 e. The van der Waals surface area contributed by atoms with Gasteiger partial charge in [0.15, 0.2) is 0 Å². The molecule has 0 bridgehead atoms. The van der Waals surface area contributed by atoms with Crippen LogP contribution in [0.1, 0.15) is 33.8 Å². The van der Waals surface area contributed by atoms with Crippen molar-refractivity contribution in [3.05, 3.63) is 65.0 Å². The number of urea groups is 1. The van der Waals surface area contributed by atoms with Crippen LogP contribution in [0, 0.1) is 13.8 Å². The van der Waals surface area contributed by atoms with E-state index >= 15 is 0 Å². The molecular weight excluding hydrogens is 456 g/mol. The number of piperazine rings is 1. The van der Waals surface area contributed by atoms with Crippen LogP contribution < -0.4 is 10.2 Å². The molecule has 2 aromatic carbocycles. The first kappa shape index (κ1) is 24.0. The average molecular weight is 489 g/mol. The summed E-state index contributed by atoms with van der Waals surface area (Å²) in [6, 6.07) is 13.6. The number of rotatable bonds is 7. The normalized spacial score (nSPS) is 16.4. The summed E-state index contributed by atoms with van der Waals surface area (Å²) in [4.78, 5) is 35.6. The molecule has 0 unspecified atom stereocenters. The number of carbonyl (C=O) groups excluding carboxylic acids is 2. The lowest BCUT2D eigenvalue weighted by Gasteiger charge is -2.34. The summed E-state index contributed by atoms with van der Waals surface area (Å²) >= 11 is 0. The molecule has 3 amide bonds. The van der Waals surface area contributed by atoms with Gasteiger partial charge in [0.1, 0.15) is 0 Å². The standard InChI is InChI=1S/C27H32N6O3/c1-19-5-7-21(8-6-19)25-29-24(36-30-25)4-3-12-31-14-16-32(17-15-31)26(34)22-9-10-23(20(2)18-22)33-13-11-28-27(33)35/h5-10,18H,3-4,11-17H2,1-2H3,(H,28,35). The molecule has 0 saturated carbocycles. The van der Waals surface area contributed by atoms with Crippen LogP contribution in [0.4, 0.5) is 10.5 Å². The van der Waals surface area contributed by atoms with Crippen molar-refractivity contribution < 1.29 is 14.1 Å². The smallest absolute Gasteiger partial charge is 0.322 e. The third-order valence-corrected chi connectivity index (χ3v) is 6.89. The zero-order chi connectivity index (χ0) is 25.1. The number of aryl methyl sites for hydroxylation is 3. The molecule has 2 saturated heterocycles. The quantitative estimate of drug-likeness (QED) is 0.549. The third-order valence-electron chi connectivity index (χ3n) is 6.89. The van der Waals surface area contributed by atoms with Crippen molar-refractivity contribution in [2.24, 2.45) is 0 Å². The summed E-state index contributed by atoms with van der Waals surface area (Å²) in [7, 11) is 0. The molecule has 0 radical (unpaired) electrons. The molecule has 3 heterocycles. The summed E-state index contributed by atoms with van der Waals surface area (Å²) in [5.74, 6) is 1.33. The first-order valence-electron chi connectivity index (χ1n) is 12.6. The molecule has 9 heteroatoms. The summed E-state index contributed by atoms with van der Waals surface area (Å²) < 4.78 is 5.43. The molecule has 0 aliphatic carbocycles. The summed E-state index contributed by atoms with van der Waals surface area (Å²) in [5, 5.41) is 6.93. The van der Waals surface area contributed by atoms with E-state index in [0.717, 1.165) is 49.3 Å². The van der Waals surface area contributed by atoms with Crippen LogP contribution in [-0.4, -0.2) is 77.7 Å². The van der Waals surface area contributed by atoms with Crippen LogP contribution in [0.3, 0.4) is 0 Å². The van der Waals surface area contributed by atoms with Gasteiger partial charge in [-0.05, 0) is 50.6 Å². The maximum absolute atomic E-state index is 13.1. The van der Waals surface area contributed by atoms with Crippen LogP contribution in [-0.2, 0) is 6.42 Å². The van der Waals surface area contributed by atoms with Crippen LogP contribution in [0.2, 0.25) is 0 Å². The van der Waals surface area contributed by atoms with Gasteiger partial charge >= 0.3 is 6.03 Å². The predicted octanol–water partition coefficient (Wildman–Crippen LogP) is 3.27. The highest BCUT2D eigenvalue weighted by atomic mass is 16.5. The van der Waals surface area contributed by atoms with Crippen LogP contribution in [0.15, 0.2) is 47.0 Å². The monoisotopic (exact) mass is 488 g/mol. The molecule has 1 aromatic heterocycles. The second kappa shape index (κ2) is 10.5. The second-order valence-corrected chi connectivity index (χ2v) is 9.50. The van der Waals surface area contributed by atoms with Gasteiger partial charge in [-0.15, -0.1) is 0 Å². The Hall–Kier alpha value is -3.72. The lowest BCUT2D eigenvalue weighted by atomic mass is 10.1. The van der Waals surface area contributed by atoms with Crippen LogP contribution >= 0.6 is 0 Å². The zero-order valence-corrected chi connectivity index (χ0v) is 20.9. The van der Waals surface area contributed by atoms with E-state index in [1.165, 1.54) is 5.56 Å². The lowest BCUT2D eigenvalue weighted by Crippen LogP contribution is -2.48. The van der Waals surface area contributed by atoms with Crippen molar-refractivity contribution >= 4 is 17.6 Å². The Bertz CT molecular complexity index is 1230. The molecular formula is C27H32N6O3. The van der Waals surface area contributed by atoms with Crippen molar-refractivity contribution in [1.82, 2.24) is 25.3 Å². The van der Waals surface area contributed by atoms with Gasteiger partial charge in [-0.25, -0.2) is 4.79 Å². The lowest BCUT2D eigenvalue weighted by molar-refractivity contribution is 0.0635. The van der Waals surface area contributed by atoms with Gasteiger partial charge in [0.2, 0.25) is 11.7 Å². The molecule has 188 valence electrons. The zero-order valence-electron chi connectivity index (χ0n) is 20.9. The molecule has 9 nitrogen and oxygen atoms in total. The molecule has 0 atom stereocenters. The van der Waals surface area contributed by atoms with E-state index in [2.05, 4.69) is 27.3 Å². The summed E-state index contributed by atoms with van der Waals surface area (Å²) in [6.07, 6.45) is 1.66. The van der Waals surface area contributed by atoms with E-state index in [-0.39, 0.29) is 11.9 Å². The van der Waals surface area contributed by atoms with Gasteiger partial charge in [-0.3, -0.25) is 14.6 Å². The number of anilines is 1. The minimum absolute atomic E-state index is 0.0460. The van der Waals surface area contributed by atoms with E-state index in [1.54, 1.807) is 4.90 Å². The fourth-order valence-electron chi connectivity index (χ4n) is 4.78. The second-order valence-electron chi connectivity index (χ2n) is 9.50. The number of amides is 3. The number of hydrogen-bond acceptors (Lipinski definition) is 6. The highest BCUT2D eigenvalue weighted by Crippen LogP contribution is 2.24. The van der Waals surface area contributed by atoms with Crippen LogP contribution in [0.5, 0.6) is 0 Å². The number of nitrogens with zero attached hydrogens (tertiary/aromatic N) is 5. The topological polar surface area (TPSA) is 94.8 Å². The maximum Gasteiger partial charge on any atom is 0.322 e. The van der Waals surface area contributed by atoms with Crippen molar-refractivity contribution in [3.8, 4) is 11.4 Å². The molecule has 2 aliphatic heterocycles. The summed E-state index contributed by atoms with van der Waals surface area (Å²) in [6.45, 7) is 9.31. The Morgan fingerprint density at radius 3 is 2.50 bits per heavy atom.